The van der Waals surface area contributed by atoms with Gasteiger partial charge in [-0.1, -0.05) is 47.6 Å². The van der Waals surface area contributed by atoms with Gasteiger partial charge < -0.3 is 9.32 Å². The number of hydrogen-bond donors (Lipinski definition) is 0. The minimum Gasteiger partial charge on any atom is -0.403 e. The molecule has 1 aromatic heterocycles. The molecule has 2 aromatic carbocycles. The van der Waals surface area contributed by atoms with Crippen molar-refractivity contribution in [2.45, 2.75) is 13.8 Å². The molecule has 0 bridgehead atoms. The Bertz CT molecular complexity index is 716. The number of benzene rings is 2. The lowest BCUT2D eigenvalue weighted by Gasteiger charge is -2.14. The van der Waals surface area contributed by atoms with Crippen molar-refractivity contribution in [2.75, 3.05) is 18.0 Å². The van der Waals surface area contributed by atoms with Crippen molar-refractivity contribution < 1.29 is 4.42 Å². The first kappa shape index (κ1) is 14.3. The van der Waals surface area contributed by atoms with Crippen molar-refractivity contribution in [3.8, 4) is 22.6 Å². The molecule has 4 heteroatoms. The van der Waals surface area contributed by atoms with Gasteiger partial charge in [0.05, 0.1) is 0 Å². The van der Waals surface area contributed by atoms with Crippen LogP contribution in [0.2, 0.25) is 0 Å². The Labute approximate surface area is 130 Å². The number of anilines is 1. The summed E-state index contributed by atoms with van der Waals surface area (Å²) in [5, 5.41) is 8.27. The van der Waals surface area contributed by atoms with Gasteiger partial charge in [0.1, 0.15) is 0 Å². The normalized spacial score (nSPS) is 10.6. The van der Waals surface area contributed by atoms with Crippen LogP contribution in [0.5, 0.6) is 0 Å². The minimum atomic E-state index is 0.557. The average molecular weight is 293 g/mol. The summed E-state index contributed by atoms with van der Waals surface area (Å²) in [5.41, 5.74) is 3.31. The summed E-state index contributed by atoms with van der Waals surface area (Å²) in [5.74, 6) is 0.557. The van der Waals surface area contributed by atoms with Gasteiger partial charge in [0.2, 0.25) is 5.89 Å². The molecule has 0 atom stereocenters. The smallest absolute Gasteiger partial charge is 0.318 e. The quantitative estimate of drug-likeness (QED) is 0.705. The average Bonchev–Trinajstić information content (AvgIpc) is 3.07. The van der Waals surface area contributed by atoms with Gasteiger partial charge in [-0.25, -0.2) is 0 Å². The van der Waals surface area contributed by atoms with E-state index in [-0.39, 0.29) is 0 Å². The fraction of sp³-hybridized carbons (Fsp3) is 0.222. The number of aromatic nitrogens is 2. The summed E-state index contributed by atoms with van der Waals surface area (Å²) in [6.45, 7) is 5.85. The van der Waals surface area contributed by atoms with Gasteiger partial charge in [-0.2, -0.15) is 0 Å². The molecular weight excluding hydrogens is 274 g/mol. The van der Waals surface area contributed by atoms with Crippen molar-refractivity contribution in [2.24, 2.45) is 0 Å². The molecule has 0 saturated carbocycles. The lowest BCUT2D eigenvalue weighted by molar-refractivity contribution is 0.550. The molecule has 0 spiro atoms. The molecule has 1 heterocycles. The Hall–Kier alpha value is -2.62. The molecule has 0 amide bonds. The molecule has 0 saturated heterocycles. The van der Waals surface area contributed by atoms with E-state index in [9.17, 15) is 0 Å². The minimum absolute atomic E-state index is 0.557. The zero-order chi connectivity index (χ0) is 15.4. The van der Waals surface area contributed by atoms with Crippen LogP contribution >= 0.6 is 0 Å². The van der Waals surface area contributed by atoms with Gasteiger partial charge in [0, 0.05) is 18.7 Å². The molecule has 3 aromatic rings. The second kappa shape index (κ2) is 6.43. The Morgan fingerprint density at radius 3 is 2.00 bits per heavy atom. The standard InChI is InChI=1S/C18H19N3O/c1-3-21(4-2)18-20-19-17(22-18)16-12-10-15(11-13-16)14-8-6-5-7-9-14/h5-13H,3-4H2,1-2H3. The largest absolute Gasteiger partial charge is 0.403 e. The first-order valence-corrected chi connectivity index (χ1v) is 7.56. The van der Waals surface area contributed by atoms with Crippen molar-refractivity contribution in [1.82, 2.24) is 10.2 Å². The molecule has 112 valence electrons. The van der Waals surface area contributed by atoms with E-state index < -0.39 is 0 Å². The van der Waals surface area contributed by atoms with Crippen LogP contribution < -0.4 is 4.90 Å². The van der Waals surface area contributed by atoms with E-state index in [4.69, 9.17) is 4.42 Å². The third-order valence-electron chi connectivity index (χ3n) is 3.69. The van der Waals surface area contributed by atoms with E-state index in [0.717, 1.165) is 18.7 Å². The first-order valence-electron chi connectivity index (χ1n) is 7.56. The summed E-state index contributed by atoms with van der Waals surface area (Å²) >= 11 is 0. The molecule has 0 N–H and O–H groups in total. The summed E-state index contributed by atoms with van der Waals surface area (Å²) < 4.78 is 5.76. The highest BCUT2D eigenvalue weighted by molar-refractivity contribution is 5.67. The van der Waals surface area contributed by atoms with E-state index in [1.54, 1.807) is 0 Å². The Morgan fingerprint density at radius 1 is 0.773 bits per heavy atom. The zero-order valence-corrected chi connectivity index (χ0v) is 12.9. The lowest BCUT2D eigenvalue weighted by atomic mass is 10.0. The van der Waals surface area contributed by atoms with Crippen molar-refractivity contribution >= 4 is 6.01 Å². The third-order valence-corrected chi connectivity index (χ3v) is 3.69. The summed E-state index contributed by atoms with van der Waals surface area (Å²) in [7, 11) is 0. The van der Waals surface area contributed by atoms with Gasteiger partial charge in [-0.3, -0.25) is 0 Å². The monoisotopic (exact) mass is 293 g/mol. The molecule has 22 heavy (non-hydrogen) atoms. The van der Waals surface area contributed by atoms with E-state index in [2.05, 4.69) is 48.3 Å². The predicted octanol–water partition coefficient (Wildman–Crippen LogP) is 4.25. The van der Waals surface area contributed by atoms with Crippen LogP contribution in [0.3, 0.4) is 0 Å². The summed E-state index contributed by atoms with van der Waals surface area (Å²) in [6, 6.07) is 19.1. The van der Waals surface area contributed by atoms with Gasteiger partial charge in [-0.05, 0) is 37.1 Å². The van der Waals surface area contributed by atoms with Crippen LogP contribution in [0, 0.1) is 0 Å². The molecule has 0 aliphatic heterocycles. The van der Waals surface area contributed by atoms with Crippen LogP contribution in [0.25, 0.3) is 22.6 Å². The van der Waals surface area contributed by atoms with Crippen LogP contribution in [0.15, 0.2) is 59.0 Å². The van der Waals surface area contributed by atoms with Crippen LogP contribution in [0.4, 0.5) is 6.01 Å². The number of hydrogen-bond acceptors (Lipinski definition) is 4. The maximum atomic E-state index is 5.76. The van der Waals surface area contributed by atoms with E-state index >= 15 is 0 Å². The highest BCUT2D eigenvalue weighted by atomic mass is 16.4. The highest BCUT2D eigenvalue weighted by Gasteiger charge is 2.12. The fourth-order valence-corrected chi connectivity index (χ4v) is 2.39. The second-order valence-electron chi connectivity index (χ2n) is 5.01. The van der Waals surface area contributed by atoms with Gasteiger partial charge >= 0.3 is 6.01 Å². The Kier molecular flexibility index (Phi) is 4.19. The molecular formula is C18H19N3O. The zero-order valence-electron chi connectivity index (χ0n) is 12.9. The van der Waals surface area contributed by atoms with Gasteiger partial charge in [-0.15, -0.1) is 5.10 Å². The van der Waals surface area contributed by atoms with Gasteiger partial charge in [0.25, 0.3) is 0 Å². The molecule has 0 unspecified atom stereocenters. The second-order valence-corrected chi connectivity index (χ2v) is 5.01. The van der Waals surface area contributed by atoms with Gasteiger partial charge in [0.15, 0.2) is 0 Å². The van der Waals surface area contributed by atoms with Crippen LogP contribution in [0.1, 0.15) is 13.8 Å². The van der Waals surface area contributed by atoms with Crippen molar-refractivity contribution in [1.29, 1.82) is 0 Å². The summed E-state index contributed by atoms with van der Waals surface area (Å²) in [6.07, 6.45) is 0. The summed E-state index contributed by atoms with van der Waals surface area (Å²) in [4.78, 5) is 2.04. The van der Waals surface area contributed by atoms with E-state index in [0.29, 0.717) is 11.9 Å². The van der Waals surface area contributed by atoms with E-state index in [1.165, 1.54) is 11.1 Å². The molecule has 0 aliphatic rings. The maximum absolute atomic E-state index is 5.76. The Balaban J connectivity index is 1.84. The molecule has 0 aliphatic carbocycles. The predicted molar refractivity (Wildman–Crippen MR) is 88.7 cm³/mol. The topological polar surface area (TPSA) is 42.2 Å². The third kappa shape index (κ3) is 2.86. The molecule has 4 nitrogen and oxygen atoms in total. The molecule has 0 radical (unpaired) electrons. The highest BCUT2D eigenvalue weighted by Crippen LogP contribution is 2.25. The SMILES string of the molecule is CCN(CC)c1nnc(-c2ccc(-c3ccccc3)cc2)o1. The van der Waals surface area contributed by atoms with Crippen LogP contribution in [-0.2, 0) is 0 Å². The van der Waals surface area contributed by atoms with Crippen LogP contribution in [-0.4, -0.2) is 23.3 Å². The molecule has 3 rings (SSSR count). The number of nitrogens with zero attached hydrogens (tertiary/aromatic N) is 3. The molecule has 0 fully saturated rings. The number of rotatable bonds is 5. The first-order chi connectivity index (χ1) is 10.8. The maximum Gasteiger partial charge on any atom is 0.318 e. The lowest BCUT2D eigenvalue weighted by Crippen LogP contribution is -2.21. The Morgan fingerprint density at radius 2 is 1.36 bits per heavy atom. The van der Waals surface area contributed by atoms with E-state index in [1.807, 2.05) is 35.2 Å². The fourth-order valence-electron chi connectivity index (χ4n) is 2.39. The van der Waals surface area contributed by atoms with Crippen molar-refractivity contribution in [3.63, 3.8) is 0 Å². The van der Waals surface area contributed by atoms with Crippen molar-refractivity contribution in [3.05, 3.63) is 54.6 Å².